The molecule has 2 aliphatic rings. The van der Waals surface area contributed by atoms with Crippen molar-refractivity contribution in [2.45, 2.75) is 50.2 Å². The van der Waals surface area contributed by atoms with Crippen molar-refractivity contribution in [3.05, 3.63) is 29.3 Å². The minimum atomic E-state index is -4.34. The Morgan fingerprint density at radius 2 is 1.90 bits per heavy atom. The molecule has 0 bridgehead atoms. The number of nitrogens with zero attached hydrogens (tertiary/aromatic N) is 1. The molecule has 1 saturated heterocycles. The molecule has 0 amide bonds. The molecule has 1 heterocycles. The van der Waals surface area contributed by atoms with E-state index in [-0.39, 0.29) is 11.4 Å². The molecular formula is C16H19ClF3N. The second kappa shape index (κ2) is 5.71. The standard InChI is InChI=1S/C16H19ClF3N/c17-10-12-6-7-13(9-14(12)16(18,19)20)21-8-2-4-11-3-1-5-15(11)21/h6-7,9,11,15H,1-5,8,10H2. The van der Waals surface area contributed by atoms with E-state index in [4.69, 9.17) is 11.6 Å². The molecule has 0 spiro atoms. The van der Waals surface area contributed by atoms with Crippen LogP contribution in [0.15, 0.2) is 18.2 Å². The number of hydrogen-bond acceptors (Lipinski definition) is 1. The van der Waals surface area contributed by atoms with Gasteiger partial charge in [-0.25, -0.2) is 0 Å². The van der Waals surface area contributed by atoms with Crippen molar-refractivity contribution in [3.8, 4) is 0 Å². The van der Waals surface area contributed by atoms with Crippen molar-refractivity contribution >= 4 is 17.3 Å². The third kappa shape index (κ3) is 2.87. The zero-order chi connectivity index (χ0) is 15.0. The summed E-state index contributed by atoms with van der Waals surface area (Å²) >= 11 is 5.65. The van der Waals surface area contributed by atoms with Crippen LogP contribution in [-0.2, 0) is 12.1 Å². The van der Waals surface area contributed by atoms with Gasteiger partial charge in [-0.05, 0) is 49.3 Å². The highest BCUT2D eigenvalue weighted by Gasteiger charge is 2.37. The van der Waals surface area contributed by atoms with Crippen LogP contribution in [0.4, 0.5) is 18.9 Å². The molecule has 2 atom stereocenters. The maximum absolute atomic E-state index is 13.2. The Bertz CT molecular complexity index is 515. The molecule has 3 rings (SSSR count). The molecule has 0 N–H and O–H groups in total. The molecule has 21 heavy (non-hydrogen) atoms. The fourth-order valence-corrected chi connectivity index (χ4v) is 4.13. The van der Waals surface area contributed by atoms with Gasteiger partial charge in [0.15, 0.2) is 0 Å². The van der Waals surface area contributed by atoms with Gasteiger partial charge in [0.1, 0.15) is 0 Å². The van der Waals surface area contributed by atoms with Crippen molar-refractivity contribution in [1.29, 1.82) is 0 Å². The SMILES string of the molecule is FC(F)(F)c1cc(N2CCCC3CCCC32)ccc1CCl. The fraction of sp³-hybridized carbons (Fsp3) is 0.625. The number of benzene rings is 1. The van der Waals surface area contributed by atoms with Gasteiger partial charge in [0.25, 0.3) is 0 Å². The van der Waals surface area contributed by atoms with E-state index < -0.39 is 11.7 Å². The van der Waals surface area contributed by atoms with Gasteiger partial charge >= 0.3 is 6.18 Å². The third-order valence-electron chi connectivity index (χ3n) is 4.87. The zero-order valence-electron chi connectivity index (χ0n) is 11.8. The molecule has 0 aromatic heterocycles. The lowest BCUT2D eigenvalue weighted by Gasteiger charge is -2.40. The molecule has 2 fully saturated rings. The zero-order valence-corrected chi connectivity index (χ0v) is 12.6. The number of piperidine rings is 1. The Kier molecular flexibility index (Phi) is 4.08. The van der Waals surface area contributed by atoms with E-state index in [2.05, 4.69) is 4.90 Å². The molecule has 2 unspecified atom stereocenters. The number of hydrogen-bond donors (Lipinski definition) is 0. The number of anilines is 1. The third-order valence-corrected chi connectivity index (χ3v) is 5.16. The lowest BCUT2D eigenvalue weighted by molar-refractivity contribution is -0.138. The monoisotopic (exact) mass is 317 g/mol. The molecule has 5 heteroatoms. The van der Waals surface area contributed by atoms with Crippen molar-refractivity contribution in [2.75, 3.05) is 11.4 Å². The number of fused-ring (bicyclic) bond motifs is 1. The van der Waals surface area contributed by atoms with Crippen LogP contribution in [0.25, 0.3) is 0 Å². The minimum absolute atomic E-state index is 0.110. The first-order valence-corrected chi connectivity index (χ1v) is 8.07. The van der Waals surface area contributed by atoms with Crippen LogP contribution in [-0.4, -0.2) is 12.6 Å². The predicted octanol–water partition coefficient (Wildman–Crippen LogP) is 5.21. The van der Waals surface area contributed by atoms with Gasteiger partial charge in [-0.2, -0.15) is 13.2 Å². The van der Waals surface area contributed by atoms with E-state index in [9.17, 15) is 13.2 Å². The summed E-state index contributed by atoms with van der Waals surface area (Å²) in [6.45, 7) is 0.860. The van der Waals surface area contributed by atoms with Crippen LogP contribution in [0.5, 0.6) is 0 Å². The van der Waals surface area contributed by atoms with Crippen LogP contribution < -0.4 is 4.90 Å². The van der Waals surface area contributed by atoms with Gasteiger partial charge in [-0.15, -0.1) is 11.6 Å². The Labute approximate surface area is 128 Å². The second-order valence-electron chi connectivity index (χ2n) is 6.07. The van der Waals surface area contributed by atoms with Crippen LogP contribution in [0.1, 0.15) is 43.2 Å². The molecule has 1 aliphatic heterocycles. The second-order valence-corrected chi connectivity index (χ2v) is 6.33. The highest BCUT2D eigenvalue weighted by Crippen LogP contribution is 2.41. The molecule has 1 aromatic carbocycles. The van der Waals surface area contributed by atoms with Crippen LogP contribution in [0.3, 0.4) is 0 Å². The summed E-state index contributed by atoms with van der Waals surface area (Å²) in [5.74, 6) is 0.544. The molecule has 1 aromatic rings. The highest BCUT2D eigenvalue weighted by molar-refractivity contribution is 6.17. The van der Waals surface area contributed by atoms with Crippen LogP contribution in [0.2, 0.25) is 0 Å². The van der Waals surface area contributed by atoms with Gasteiger partial charge < -0.3 is 4.90 Å². The Morgan fingerprint density at radius 1 is 1.14 bits per heavy atom. The van der Waals surface area contributed by atoms with E-state index in [0.717, 1.165) is 19.4 Å². The van der Waals surface area contributed by atoms with E-state index >= 15 is 0 Å². The molecule has 1 saturated carbocycles. The highest BCUT2D eigenvalue weighted by atomic mass is 35.5. The van der Waals surface area contributed by atoms with Gasteiger partial charge in [-0.3, -0.25) is 0 Å². The van der Waals surface area contributed by atoms with E-state index in [1.807, 2.05) is 0 Å². The Balaban J connectivity index is 1.95. The number of rotatable bonds is 2. The number of alkyl halides is 4. The summed E-state index contributed by atoms with van der Waals surface area (Å²) in [5.41, 5.74) is 0.274. The summed E-state index contributed by atoms with van der Waals surface area (Å²) < 4.78 is 39.5. The normalized spacial score (nSPS) is 26.0. The Hall–Kier alpha value is -0.900. The minimum Gasteiger partial charge on any atom is -0.368 e. The molecule has 116 valence electrons. The summed E-state index contributed by atoms with van der Waals surface area (Å²) in [5, 5.41) is 0. The molecular weight excluding hydrogens is 299 g/mol. The summed E-state index contributed by atoms with van der Waals surface area (Å²) in [7, 11) is 0. The lowest BCUT2D eigenvalue weighted by atomic mass is 9.91. The van der Waals surface area contributed by atoms with Crippen molar-refractivity contribution in [2.24, 2.45) is 5.92 Å². The first-order valence-electron chi connectivity index (χ1n) is 7.53. The van der Waals surface area contributed by atoms with E-state index in [1.165, 1.54) is 31.4 Å². The smallest absolute Gasteiger partial charge is 0.368 e. The average Bonchev–Trinajstić information content (AvgIpc) is 2.94. The summed E-state index contributed by atoms with van der Waals surface area (Å²) in [6, 6.07) is 5.04. The van der Waals surface area contributed by atoms with Gasteiger partial charge in [0.2, 0.25) is 0 Å². The number of halogens is 4. The molecule has 1 nitrogen and oxygen atoms in total. The molecule has 0 radical (unpaired) electrons. The maximum atomic E-state index is 13.2. The van der Waals surface area contributed by atoms with Gasteiger partial charge in [0.05, 0.1) is 5.56 Å². The van der Waals surface area contributed by atoms with Gasteiger partial charge in [0, 0.05) is 24.2 Å². The van der Waals surface area contributed by atoms with E-state index in [1.54, 1.807) is 6.07 Å². The van der Waals surface area contributed by atoms with Crippen molar-refractivity contribution in [3.63, 3.8) is 0 Å². The van der Waals surface area contributed by atoms with Crippen LogP contribution in [0, 0.1) is 5.92 Å². The van der Waals surface area contributed by atoms with Gasteiger partial charge in [-0.1, -0.05) is 12.5 Å². The molecule has 1 aliphatic carbocycles. The quantitative estimate of drug-likeness (QED) is 0.676. The first kappa shape index (κ1) is 15.0. The predicted molar refractivity (Wildman–Crippen MR) is 78.7 cm³/mol. The van der Waals surface area contributed by atoms with Crippen LogP contribution >= 0.6 is 11.6 Å². The van der Waals surface area contributed by atoms with Crippen molar-refractivity contribution < 1.29 is 13.2 Å². The maximum Gasteiger partial charge on any atom is 0.416 e. The largest absolute Gasteiger partial charge is 0.416 e. The fourth-order valence-electron chi connectivity index (χ4n) is 3.90. The Morgan fingerprint density at radius 3 is 2.62 bits per heavy atom. The summed E-state index contributed by atoms with van der Waals surface area (Å²) in [6.07, 6.45) is 1.45. The van der Waals surface area contributed by atoms with E-state index in [0.29, 0.717) is 17.6 Å². The first-order chi connectivity index (χ1) is 10.0. The average molecular weight is 318 g/mol. The lowest BCUT2D eigenvalue weighted by Crippen LogP contribution is -2.42. The van der Waals surface area contributed by atoms with Crippen molar-refractivity contribution in [1.82, 2.24) is 0 Å². The topological polar surface area (TPSA) is 3.24 Å². The summed E-state index contributed by atoms with van der Waals surface area (Å²) in [4.78, 5) is 2.19.